The van der Waals surface area contributed by atoms with Crippen molar-refractivity contribution in [2.24, 2.45) is 0 Å². The van der Waals surface area contributed by atoms with Gasteiger partial charge in [-0.3, -0.25) is 5.32 Å². The lowest BCUT2D eigenvalue weighted by atomic mass is 10.0. The summed E-state index contributed by atoms with van der Waals surface area (Å²) in [7, 11) is 0. The Morgan fingerprint density at radius 2 is 1.48 bits per heavy atom. The highest BCUT2D eigenvalue weighted by molar-refractivity contribution is 5.90. The molecule has 1 amide bonds. The Hall–Kier alpha value is -3.17. The van der Waals surface area contributed by atoms with Crippen LogP contribution in [0.2, 0.25) is 0 Å². The lowest BCUT2D eigenvalue weighted by Gasteiger charge is -2.09. The fraction of sp³-hybridized carbons (Fsp3) is 0.0667. The Balaban J connectivity index is 0.000000381. The van der Waals surface area contributed by atoms with Crippen LogP contribution in [0.5, 0.6) is 0 Å². The molecule has 0 unspecified atom stereocenters. The van der Waals surface area contributed by atoms with E-state index in [0.29, 0.717) is 5.56 Å². The van der Waals surface area contributed by atoms with E-state index in [1.165, 1.54) is 24.3 Å². The zero-order valence-electron chi connectivity index (χ0n) is 12.1. The topological polar surface area (TPSA) is 86.6 Å². The van der Waals surface area contributed by atoms with Gasteiger partial charge in [0.15, 0.2) is 0 Å². The highest BCUT2D eigenvalue weighted by atomic mass is 19.4. The monoisotopic (exact) mass is 363 g/mol. The predicted octanol–water partition coefficient (Wildman–Crippen LogP) is 4.36. The van der Waals surface area contributed by atoms with Gasteiger partial charge in [-0.15, -0.1) is 0 Å². The van der Waals surface area contributed by atoms with Gasteiger partial charge in [-0.25, -0.2) is 18.4 Å². The second kappa shape index (κ2) is 8.08. The standard InChI is InChI=1S/C13H9F2NO2.C2HF3O2/c14-9-3-1-2-8(6-9)11-7-10(15)4-5-12(11)16-13(17)18;3-2(4,5)1(6)7/h1-7,16H,(H,17,18);(H,6,7). The maximum Gasteiger partial charge on any atom is 0.490 e. The third kappa shape index (κ3) is 6.45. The molecule has 0 heterocycles. The van der Waals surface area contributed by atoms with Gasteiger partial charge in [0.2, 0.25) is 0 Å². The number of rotatable bonds is 2. The van der Waals surface area contributed by atoms with Crippen LogP contribution >= 0.6 is 0 Å². The van der Waals surface area contributed by atoms with E-state index in [0.717, 1.165) is 12.1 Å². The van der Waals surface area contributed by atoms with E-state index in [1.54, 1.807) is 6.07 Å². The number of carboxylic acids is 1. The van der Waals surface area contributed by atoms with Crippen molar-refractivity contribution in [3.05, 3.63) is 54.1 Å². The first kappa shape index (κ1) is 19.9. The van der Waals surface area contributed by atoms with Gasteiger partial charge in [0.25, 0.3) is 0 Å². The number of anilines is 1. The lowest BCUT2D eigenvalue weighted by molar-refractivity contribution is -0.192. The number of carboxylic acid groups (broad SMARTS) is 2. The van der Waals surface area contributed by atoms with Crippen molar-refractivity contribution in [2.75, 3.05) is 5.32 Å². The number of amides is 1. The van der Waals surface area contributed by atoms with E-state index in [9.17, 15) is 26.7 Å². The van der Waals surface area contributed by atoms with Crippen molar-refractivity contribution in [3.8, 4) is 11.1 Å². The highest BCUT2D eigenvalue weighted by Crippen LogP contribution is 2.29. The Bertz CT molecular complexity index is 777. The molecule has 3 N–H and O–H groups in total. The summed E-state index contributed by atoms with van der Waals surface area (Å²) in [5, 5.41) is 18.0. The molecular weight excluding hydrogens is 353 g/mol. The zero-order valence-corrected chi connectivity index (χ0v) is 12.1. The minimum absolute atomic E-state index is 0.203. The largest absolute Gasteiger partial charge is 0.490 e. The van der Waals surface area contributed by atoms with Gasteiger partial charge in [-0.05, 0) is 35.9 Å². The average molecular weight is 363 g/mol. The molecule has 25 heavy (non-hydrogen) atoms. The van der Waals surface area contributed by atoms with Crippen LogP contribution in [0.3, 0.4) is 0 Å². The molecule has 134 valence electrons. The van der Waals surface area contributed by atoms with Gasteiger partial charge in [0.1, 0.15) is 11.6 Å². The first-order valence-corrected chi connectivity index (χ1v) is 6.36. The Labute approximate surface area is 137 Å². The van der Waals surface area contributed by atoms with Crippen molar-refractivity contribution < 1.29 is 41.8 Å². The second-order valence-corrected chi connectivity index (χ2v) is 4.43. The highest BCUT2D eigenvalue weighted by Gasteiger charge is 2.38. The Morgan fingerprint density at radius 1 is 0.920 bits per heavy atom. The molecule has 2 aromatic rings. The summed E-state index contributed by atoms with van der Waals surface area (Å²) in [5.41, 5.74) is 0.893. The molecule has 0 aromatic heterocycles. The summed E-state index contributed by atoms with van der Waals surface area (Å²) in [4.78, 5) is 19.5. The molecule has 2 rings (SSSR count). The van der Waals surface area contributed by atoms with Crippen LogP contribution in [-0.2, 0) is 4.79 Å². The fourth-order valence-corrected chi connectivity index (χ4v) is 1.64. The summed E-state index contributed by atoms with van der Waals surface area (Å²) >= 11 is 0. The molecule has 0 spiro atoms. The predicted molar refractivity (Wildman–Crippen MR) is 77.1 cm³/mol. The third-order valence-corrected chi connectivity index (χ3v) is 2.60. The maximum atomic E-state index is 13.2. The molecule has 0 radical (unpaired) electrons. The van der Waals surface area contributed by atoms with Crippen LogP contribution in [0.15, 0.2) is 42.5 Å². The lowest BCUT2D eigenvalue weighted by Crippen LogP contribution is -2.21. The molecule has 0 bridgehead atoms. The second-order valence-electron chi connectivity index (χ2n) is 4.43. The summed E-state index contributed by atoms with van der Waals surface area (Å²) in [5.74, 6) is -3.75. The third-order valence-electron chi connectivity index (χ3n) is 2.60. The molecule has 0 aliphatic rings. The number of carbonyl (C=O) groups is 2. The summed E-state index contributed by atoms with van der Waals surface area (Å²) in [6, 6.07) is 9.09. The van der Waals surface area contributed by atoms with Crippen LogP contribution in [0.1, 0.15) is 0 Å². The summed E-state index contributed by atoms with van der Waals surface area (Å²) < 4.78 is 58.1. The first-order chi connectivity index (χ1) is 11.5. The average Bonchev–Trinajstić information content (AvgIpc) is 2.48. The van der Waals surface area contributed by atoms with E-state index in [4.69, 9.17) is 15.0 Å². The quantitative estimate of drug-likeness (QED) is 0.692. The summed E-state index contributed by atoms with van der Waals surface area (Å²) in [6.07, 6.45) is -6.35. The van der Waals surface area contributed by atoms with Crippen LogP contribution in [0.25, 0.3) is 11.1 Å². The number of nitrogens with one attached hydrogen (secondary N) is 1. The van der Waals surface area contributed by atoms with Crippen LogP contribution in [0.4, 0.5) is 32.4 Å². The molecule has 2 aromatic carbocycles. The van der Waals surface area contributed by atoms with Crippen LogP contribution in [0, 0.1) is 11.6 Å². The van der Waals surface area contributed by atoms with Gasteiger partial charge in [0.05, 0.1) is 5.69 Å². The smallest absolute Gasteiger partial charge is 0.475 e. The van der Waals surface area contributed by atoms with Gasteiger partial charge >= 0.3 is 18.2 Å². The summed E-state index contributed by atoms with van der Waals surface area (Å²) in [6.45, 7) is 0. The molecule has 0 atom stereocenters. The number of halogens is 5. The van der Waals surface area contributed by atoms with Crippen molar-refractivity contribution in [2.45, 2.75) is 6.18 Å². The molecule has 10 heteroatoms. The fourth-order valence-electron chi connectivity index (χ4n) is 1.64. The maximum absolute atomic E-state index is 13.2. The number of benzene rings is 2. The van der Waals surface area contributed by atoms with Gasteiger partial charge in [-0.1, -0.05) is 12.1 Å². The van der Waals surface area contributed by atoms with E-state index in [-0.39, 0.29) is 11.3 Å². The zero-order chi connectivity index (χ0) is 19.2. The number of hydrogen-bond acceptors (Lipinski definition) is 2. The molecular formula is C15H10F5NO4. The van der Waals surface area contributed by atoms with Gasteiger partial charge < -0.3 is 10.2 Å². The number of aliphatic carboxylic acids is 1. The normalized spacial score (nSPS) is 10.4. The minimum atomic E-state index is -5.08. The molecule has 0 saturated carbocycles. The van der Waals surface area contributed by atoms with Gasteiger partial charge in [0, 0.05) is 5.56 Å². The molecule has 0 saturated heterocycles. The minimum Gasteiger partial charge on any atom is -0.475 e. The first-order valence-electron chi connectivity index (χ1n) is 6.36. The van der Waals surface area contributed by atoms with Crippen molar-refractivity contribution >= 4 is 17.7 Å². The number of alkyl halides is 3. The Morgan fingerprint density at radius 3 is 1.96 bits per heavy atom. The van der Waals surface area contributed by atoms with Crippen molar-refractivity contribution in [1.29, 1.82) is 0 Å². The van der Waals surface area contributed by atoms with Crippen LogP contribution < -0.4 is 5.32 Å². The number of hydrogen-bond donors (Lipinski definition) is 3. The molecule has 0 fully saturated rings. The van der Waals surface area contributed by atoms with Crippen LogP contribution in [-0.4, -0.2) is 28.5 Å². The van der Waals surface area contributed by atoms with E-state index in [2.05, 4.69) is 5.32 Å². The molecule has 5 nitrogen and oxygen atoms in total. The van der Waals surface area contributed by atoms with E-state index >= 15 is 0 Å². The van der Waals surface area contributed by atoms with Gasteiger partial charge in [-0.2, -0.15) is 13.2 Å². The van der Waals surface area contributed by atoms with Crippen molar-refractivity contribution in [1.82, 2.24) is 0 Å². The van der Waals surface area contributed by atoms with E-state index in [1.807, 2.05) is 0 Å². The van der Waals surface area contributed by atoms with E-state index < -0.39 is 29.9 Å². The molecule has 0 aliphatic heterocycles. The molecule has 0 aliphatic carbocycles. The SMILES string of the molecule is O=C(O)C(F)(F)F.O=C(O)Nc1ccc(F)cc1-c1cccc(F)c1. The Kier molecular flexibility index (Phi) is 6.43. The van der Waals surface area contributed by atoms with Crippen molar-refractivity contribution in [3.63, 3.8) is 0 Å².